The summed E-state index contributed by atoms with van der Waals surface area (Å²) in [5, 5.41) is 0. The molecule has 2 aromatic carbocycles. The number of benzene rings is 2. The van der Waals surface area contributed by atoms with Crippen LogP contribution in [0.2, 0.25) is 0 Å². The molecule has 0 bridgehead atoms. The monoisotopic (exact) mass is 445 g/mol. The number of halogens is 2. The molecule has 0 saturated heterocycles. The van der Waals surface area contributed by atoms with E-state index in [1.54, 1.807) is 11.8 Å². The van der Waals surface area contributed by atoms with E-state index < -0.39 is 0 Å². The fourth-order valence-electron chi connectivity index (χ4n) is 1.79. The Labute approximate surface area is 150 Å². The van der Waals surface area contributed by atoms with E-state index in [0.717, 1.165) is 25.2 Å². The number of hydrogen-bond acceptors (Lipinski definition) is 3. The van der Waals surface area contributed by atoms with E-state index in [0.29, 0.717) is 16.5 Å². The molecule has 21 heavy (non-hydrogen) atoms. The van der Waals surface area contributed by atoms with Crippen molar-refractivity contribution in [2.24, 2.45) is 5.73 Å². The molecule has 0 aliphatic rings. The second-order valence-electron chi connectivity index (χ2n) is 4.10. The molecular formula is C15H13Br2NOS2. The van der Waals surface area contributed by atoms with Gasteiger partial charge in [0.15, 0.2) is 0 Å². The van der Waals surface area contributed by atoms with Gasteiger partial charge in [-0.3, -0.25) is 0 Å². The van der Waals surface area contributed by atoms with Crippen molar-refractivity contribution in [2.75, 3.05) is 5.75 Å². The van der Waals surface area contributed by atoms with Gasteiger partial charge >= 0.3 is 0 Å². The quantitative estimate of drug-likeness (QED) is 0.468. The van der Waals surface area contributed by atoms with Gasteiger partial charge in [-0.25, -0.2) is 0 Å². The maximum absolute atomic E-state index is 6.00. The minimum absolute atomic E-state index is 0.342. The lowest BCUT2D eigenvalue weighted by Gasteiger charge is -2.14. The summed E-state index contributed by atoms with van der Waals surface area (Å²) >= 11 is 13.8. The Morgan fingerprint density at radius 1 is 1.24 bits per heavy atom. The van der Waals surface area contributed by atoms with Crippen molar-refractivity contribution in [1.82, 2.24) is 0 Å². The molecule has 110 valence electrons. The lowest BCUT2D eigenvalue weighted by Crippen LogP contribution is -2.12. The number of ether oxygens (including phenoxy) is 1. The van der Waals surface area contributed by atoms with E-state index in [4.69, 9.17) is 22.7 Å². The first-order valence-electron chi connectivity index (χ1n) is 6.21. The molecule has 2 N–H and O–H groups in total. The van der Waals surface area contributed by atoms with E-state index in [1.807, 2.05) is 36.4 Å². The standard InChI is InChI=1S/C15H13Br2NOS2/c1-2-21-13-5-3-4-12(14(13)15(18)20)19-11-7-6-9(16)8-10(11)17/h3-8H,2H2,1H3,(H2,18,20). The van der Waals surface area contributed by atoms with Crippen LogP contribution in [0.15, 0.2) is 50.2 Å². The third kappa shape index (κ3) is 4.22. The molecule has 0 radical (unpaired) electrons. The van der Waals surface area contributed by atoms with Crippen LogP contribution in [0.3, 0.4) is 0 Å². The largest absolute Gasteiger partial charge is 0.455 e. The number of hydrogen-bond donors (Lipinski definition) is 1. The minimum atomic E-state index is 0.342. The molecule has 0 aromatic heterocycles. The molecule has 2 aromatic rings. The maximum atomic E-state index is 6.00. The van der Waals surface area contributed by atoms with Crippen LogP contribution in [0.5, 0.6) is 11.5 Å². The van der Waals surface area contributed by atoms with Crippen LogP contribution < -0.4 is 10.5 Å². The second-order valence-corrected chi connectivity index (χ2v) is 7.62. The second kappa shape index (κ2) is 7.63. The van der Waals surface area contributed by atoms with Gasteiger partial charge in [-0.2, -0.15) is 0 Å². The van der Waals surface area contributed by atoms with Gasteiger partial charge in [-0.15, -0.1) is 11.8 Å². The normalized spacial score (nSPS) is 10.4. The highest BCUT2D eigenvalue weighted by Gasteiger charge is 2.14. The molecule has 0 fully saturated rings. The van der Waals surface area contributed by atoms with E-state index in [9.17, 15) is 0 Å². The summed E-state index contributed by atoms with van der Waals surface area (Å²) in [6, 6.07) is 11.6. The van der Waals surface area contributed by atoms with Gasteiger partial charge in [0.2, 0.25) is 0 Å². The smallest absolute Gasteiger partial charge is 0.141 e. The number of thiocarbonyl (C=S) groups is 1. The topological polar surface area (TPSA) is 35.2 Å². The molecule has 0 atom stereocenters. The molecular weight excluding hydrogens is 434 g/mol. The van der Waals surface area contributed by atoms with Crippen LogP contribution in [-0.4, -0.2) is 10.7 Å². The lowest BCUT2D eigenvalue weighted by atomic mass is 10.2. The SMILES string of the molecule is CCSc1cccc(Oc2ccc(Br)cc2Br)c1C(N)=S. The molecule has 0 aliphatic heterocycles. The van der Waals surface area contributed by atoms with Crippen molar-refractivity contribution in [1.29, 1.82) is 0 Å². The van der Waals surface area contributed by atoms with Crippen molar-refractivity contribution in [2.45, 2.75) is 11.8 Å². The van der Waals surface area contributed by atoms with Crippen LogP contribution in [0, 0.1) is 0 Å². The molecule has 2 rings (SSSR count). The Balaban J connectivity index is 2.43. The molecule has 0 unspecified atom stereocenters. The zero-order valence-electron chi connectivity index (χ0n) is 11.2. The first-order valence-corrected chi connectivity index (χ1v) is 9.19. The zero-order chi connectivity index (χ0) is 15.4. The van der Waals surface area contributed by atoms with Crippen LogP contribution >= 0.6 is 55.8 Å². The van der Waals surface area contributed by atoms with Crippen molar-refractivity contribution in [3.63, 3.8) is 0 Å². The summed E-state index contributed by atoms with van der Waals surface area (Å²) in [5.41, 5.74) is 6.67. The van der Waals surface area contributed by atoms with Gasteiger partial charge in [-0.1, -0.05) is 41.1 Å². The summed E-state index contributed by atoms with van der Waals surface area (Å²) in [6.45, 7) is 2.09. The first-order chi connectivity index (χ1) is 10.0. The third-order valence-electron chi connectivity index (χ3n) is 2.65. The molecule has 0 amide bonds. The Kier molecular flexibility index (Phi) is 6.10. The van der Waals surface area contributed by atoms with E-state index in [2.05, 4.69) is 38.8 Å². The number of nitrogens with two attached hydrogens (primary N) is 1. The Morgan fingerprint density at radius 3 is 2.62 bits per heavy atom. The molecule has 6 heteroatoms. The van der Waals surface area contributed by atoms with Crippen molar-refractivity contribution < 1.29 is 4.74 Å². The maximum Gasteiger partial charge on any atom is 0.141 e. The van der Waals surface area contributed by atoms with Gasteiger partial charge in [0.25, 0.3) is 0 Å². The average Bonchev–Trinajstić information content (AvgIpc) is 2.42. The van der Waals surface area contributed by atoms with Crippen molar-refractivity contribution in [3.8, 4) is 11.5 Å². The van der Waals surface area contributed by atoms with E-state index in [1.165, 1.54) is 0 Å². The molecule has 2 nitrogen and oxygen atoms in total. The van der Waals surface area contributed by atoms with E-state index >= 15 is 0 Å². The van der Waals surface area contributed by atoms with Gasteiger partial charge in [0.05, 0.1) is 10.0 Å². The Bertz CT molecular complexity index is 677. The first kappa shape index (κ1) is 16.8. The molecule has 0 spiro atoms. The molecule has 0 heterocycles. The fourth-order valence-corrected chi connectivity index (χ4v) is 4.03. The number of thioether (sulfide) groups is 1. The fraction of sp³-hybridized carbons (Fsp3) is 0.133. The third-order valence-corrected chi connectivity index (χ3v) is 4.91. The minimum Gasteiger partial charge on any atom is -0.455 e. The summed E-state index contributed by atoms with van der Waals surface area (Å²) in [5.74, 6) is 2.33. The highest BCUT2D eigenvalue weighted by atomic mass is 79.9. The Hall–Kier alpha value is -0.560. The highest BCUT2D eigenvalue weighted by molar-refractivity contribution is 9.11. The van der Waals surface area contributed by atoms with Crippen molar-refractivity contribution in [3.05, 3.63) is 50.9 Å². The molecule has 0 saturated carbocycles. The van der Waals surface area contributed by atoms with Crippen LogP contribution in [0.25, 0.3) is 0 Å². The predicted molar refractivity (Wildman–Crippen MR) is 101 cm³/mol. The van der Waals surface area contributed by atoms with Crippen LogP contribution in [-0.2, 0) is 0 Å². The van der Waals surface area contributed by atoms with Gasteiger partial charge in [0.1, 0.15) is 16.5 Å². The zero-order valence-corrected chi connectivity index (χ0v) is 16.0. The summed E-state index contributed by atoms with van der Waals surface area (Å²) in [4.78, 5) is 1.38. The average molecular weight is 447 g/mol. The lowest BCUT2D eigenvalue weighted by molar-refractivity contribution is 0.477. The predicted octanol–water partition coefficient (Wildman–Crippen LogP) is 5.75. The van der Waals surface area contributed by atoms with Gasteiger partial charge in [-0.05, 0) is 52.0 Å². The van der Waals surface area contributed by atoms with Gasteiger partial charge < -0.3 is 10.5 Å². The molecule has 0 aliphatic carbocycles. The summed E-state index contributed by atoms with van der Waals surface area (Å²) in [6.07, 6.45) is 0. The summed E-state index contributed by atoms with van der Waals surface area (Å²) in [7, 11) is 0. The number of rotatable bonds is 5. The Morgan fingerprint density at radius 2 is 2.00 bits per heavy atom. The van der Waals surface area contributed by atoms with Crippen LogP contribution in [0.1, 0.15) is 12.5 Å². The van der Waals surface area contributed by atoms with Crippen molar-refractivity contribution >= 4 is 60.8 Å². The van der Waals surface area contributed by atoms with Gasteiger partial charge in [0, 0.05) is 9.37 Å². The van der Waals surface area contributed by atoms with Crippen LogP contribution in [0.4, 0.5) is 0 Å². The van der Waals surface area contributed by atoms with E-state index in [-0.39, 0.29) is 0 Å². The highest BCUT2D eigenvalue weighted by Crippen LogP contribution is 2.36. The summed E-state index contributed by atoms with van der Waals surface area (Å²) < 4.78 is 7.83.